The average molecular weight is 519 g/mol. The van der Waals surface area contributed by atoms with Crippen LogP contribution in [0.3, 0.4) is 0 Å². The number of rotatable bonds is 8. The minimum absolute atomic E-state index is 0.539. The third-order valence-corrected chi connectivity index (χ3v) is 7.70. The summed E-state index contributed by atoms with van der Waals surface area (Å²) >= 11 is 0. The van der Waals surface area contributed by atoms with Crippen molar-refractivity contribution >= 4 is 44.9 Å². The van der Waals surface area contributed by atoms with E-state index in [9.17, 15) is 0 Å². The van der Waals surface area contributed by atoms with Gasteiger partial charge in [-0.1, -0.05) is 98.8 Å². The summed E-state index contributed by atoms with van der Waals surface area (Å²) in [5.74, 6) is 0.539. The maximum absolute atomic E-state index is 2.37. The smallest absolute Gasteiger partial charge is 0.0482 e. The number of fused-ring (bicyclic) bond motifs is 1. The van der Waals surface area contributed by atoms with Gasteiger partial charge in [-0.3, -0.25) is 0 Å². The Labute approximate surface area is 237 Å². The molecule has 6 rings (SSSR count). The minimum Gasteiger partial charge on any atom is -0.310 e. The second-order valence-corrected chi connectivity index (χ2v) is 10.3. The quantitative estimate of drug-likeness (QED) is 0.198. The Kier molecular flexibility index (Phi) is 7.32. The highest BCUT2D eigenvalue weighted by atomic mass is 15.2. The fraction of sp³-hybridized carbons (Fsp3) is 0.105. The minimum atomic E-state index is 0.539. The molecule has 0 radical (unpaired) electrons. The lowest BCUT2D eigenvalue weighted by Crippen LogP contribution is -2.13. The largest absolute Gasteiger partial charge is 0.310 e. The molecule has 40 heavy (non-hydrogen) atoms. The molecule has 0 aliphatic heterocycles. The normalized spacial score (nSPS) is 11.8. The molecule has 6 aromatic rings. The van der Waals surface area contributed by atoms with Crippen molar-refractivity contribution < 1.29 is 0 Å². The molecular weight excluding hydrogens is 484 g/mol. The first-order chi connectivity index (χ1) is 19.7. The zero-order chi connectivity index (χ0) is 27.3. The number of para-hydroxylation sites is 2. The van der Waals surface area contributed by atoms with Gasteiger partial charge in [-0.05, 0) is 95.4 Å². The Hall–Kier alpha value is -4.82. The van der Waals surface area contributed by atoms with E-state index in [1.54, 1.807) is 0 Å². The van der Waals surface area contributed by atoms with Crippen molar-refractivity contribution in [2.45, 2.75) is 26.2 Å². The first kappa shape index (κ1) is 25.5. The first-order valence-electron chi connectivity index (χ1n) is 14.1. The lowest BCUT2D eigenvalue weighted by molar-refractivity contribution is 0.733. The molecule has 0 fully saturated rings. The predicted molar refractivity (Wildman–Crippen MR) is 172 cm³/mol. The molecule has 196 valence electrons. The third kappa shape index (κ3) is 5.21. The molecule has 0 N–H and O–H groups in total. The van der Waals surface area contributed by atoms with Crippen LogP contribution in [0.1, 0.15) is 31.7 Å². The van der Waals surface area contributed by atoms with Gasteiger partial charge in [-0.15, -0.1) is 0 Å². The van der Waals surface area contributed by atoms with E-state index in [1.807, 2.05) is 0 Å². The highest BCUT2D eigenvalue weighted by molar-refractivity contribution is 5.90. The first-order valence-corrected chi connectivity index (χ1v) is 14.1. The SMILES string of the molecule is CCC(C)c1ccc(N(c2cccc(N(c3ccccc3)c3ccccc3)c2)c2ccc3ccccc3c2)cc1. The van der Waals surface area contributed by atoms with Crippen LogP contribution < -0.4 is 9.80 Å². The molecule has 0 saturated carbocycles. The number of nitrogens with zero attached hydrogens (tertiary/aromatic N) is 2. The maximum Gasteiger partial charge on any atom is 0.0482 e. The van der Waals surface area contributed by atoms with E-state index in [0.717, 1.165) is 40.5 Å². The zero-order valence-electron chi connectivity index (χ0n) is 23.1. The van der Waals surface area contributed by atoms with Crippen LogP contribution in [0.2, 0.25) is 0 Å². The van der Waals surface area contributed by atoms with E-state index in [-0.39, 0.29) is 0 Å². The van der Waals surface area contributed by atoms with Gasteiger partial charge in [0, 0.05) is 34.1 Å². The summed E-state index contributed by atoms with van der Waals surface area (Å²) in [7, 11) is 0. The second-order valence-electron chi connectivity index (χ2n) is 10.3. The highest BCUT2D eigenvalue weighted by Crippen LogP contribution is 2.41. The van der Waals surface area contributed by atoms with Crippen molar-refractivity contribution in [2.24, 2.45) is 0 Å². The van der Waals surface area contributed by atoms with E-state index >= 15 is 0 Å². The van der Waals surface area contributed by atoms with Crippen LogP contribution in [-0.2, 0) is 0 Å². The summed E-state index contributed by atoms with van der Waals surface area (Å²) in [4.78, 5) is 4.68. The molecule has 1 unspecified atom stereocenters. The van der Waals surface area contributed by atoms with Gasteiger partial charge in [0.25, 0.3) is 0 Å². The molecule has 0 amide bonds. The van der Waals surface area contributed by atoms with Gasteiger partial charge >= 0.3 is 0 Å². The van der Waals surface area contributed by atoms with Crippen LogP contribution >= 0.6 is 0 Å². The summed E-state index contributed by atoms with van der Waals surface area (Å²) in [5.41, 5.74) is 8.13. The lowest BCUT2D eigenvalue weighted by Gasteiger charge is -2.29. The van der Waals surface area contributed by atoms with E-state index in [0.29, 0.717) is 5.92 Å². The zero-order valence-corrected chi connectivity index (χ0v) is 23.1. The summed E-state index contributed by atoms with van der Waals surface area (Å²) < 4.78 is 0. The van der Waals surface area contributed by atoms with Gasteiger partial charge < -0.3 is 9.80 Å². The Morgan fingerprint density at radius 1 is 0.425 bits per heavy atom. The van der Waals surface area contributed by atoms with Crippen LogP contribution in [0.5, 0.6) is 0 Å². The van der Waals surface area contributed by atoms with Gasteiger partial charge in [0.15, 0.2) is 0 Å². The van der Waals surface area contributed by atoms with Crippen molar-refractivity contribution in [2.75, 3.05) is 9.80 Å². The Bertz CT molecular complexity index is 1650. The summed E-state index contributed by atoms with van der Waals surface area (Å²) in [5, 5.41) is 2.47. The highest BCUT2D eigenvalue weighted by Gasteiger charge is 2.17. The Morgan fingerprint density at radius 3 is 1.48 bits per heavy atom. The van der Waals surface area contributed by atoms with Crippen LogP contribution in [0.25, 0.3) is 10.8 Å². The fourth-order valence-electron chi connectivity index (χ4n) is 5.32. The fourth-order valence-corrected chi connectivity index (χ4v) is 5.32. The Morgan fingerprint density at radius 2 is 0.875 bits per heavy atom. The molecule has 0 heterocycles. The molecule has 0 aliphatic carbocycles. The summed E-state index contributed by atoms with van der Waals surface area (Å²) in [6.07, 6.45) is 1.13. The molecule has 0 aromatic heterocycles. The Balaban J connectivity index is 1.50. The van der Waals surface area contributed by atoms with Gasteiger partial charge in [0.2, 0.25) is 0 Å². The van der Waals surface area contributed by atoms with Crippen molar-refractivity contribution in [3.8, 4) is 0 Å². The number of hydrogen-bond acceptors (Lipinski definition) is 2. The van der Waals surface area contributed by atoms with Gasteiger partial charge in [0.05, 0.1) is 0 Å². The van der Waals surface area contributed by atoms with E-state index in [1.165, 1.54) is 16.3 Å². The summed E-state index contributed by atoms with van der Waals surface area (Å²) in [6, 6.07) is 54.3. The molecule has 6 aromatic carbocycles. The van der Waals surface area contributed by atoms with Gasteiger partial charge in [-0.25, -0.2) is 0 Å². The number of benzene rings is 6. The predicted octanol–water partition coefficient (Wildman–Crippen LogP) is 11.3. The molecule has 0 bridgehead atoms. The van der Waals surface area contributed by atoms with Crippen LogP contribution in [0.15, 0.2) is 152 Å². The van der Waals surface area contributed by atoms with E-state index in [4.69, 9.17) is 0 Å². The maximum atomic E-state index is 2.37. The van der Waals surface area contributed by atoms with E-state index in [2.05, 4.69) is 175 Å². The van der Waals surface area contributed by atoms with Crippen molar-refractivity contribution in [3.05, 3.63) is 157 Å². The molecule has 0 spiro atoms. The molecule has 2 nitrogen and oxygen atoms in total. The van der Waals surface area contributed by atoms with Gasteiger partial charge in [0.1, 0.15) is 0 Å². The van der Waals surface area contributed by atoms with E-state index < -0.39 is 0 Å². The molecule has 0 saturated heterocycles. The molecule has 1 atom stereocenters. The van der Waals surface area contributed by atoms with Crippen molar-refractivity contribution in [1.82, 2.24) is 0 Å². The summed E-state index contributed by atoms with van der Waals surface area (Å²) in [6.45, 7) is 4.54. The number of hydrogen-bond donors (Lipinski definition) is 0. The van der Waals surface area contributed by atoms with Gasteiger partial charge in [-0.2, -0.15) is 0 Å². The lowest BCUT2D eigenvalue weighted by atomic mass is 9.98. The standard InChI is InChI=1S/C38H34N2/c1-3-29(2)30-21-24-35(25-22-30)40(38-26-23-31-13-10-11-14-32(31)27-38)37-20-12-19-36(28-37)39(33-15-6-4-7-16-33)34-17-8-5-9-18-34/h4-29H,3H2,1-2H3. The van der Waals surface area contributed by atoms with Crippen LogP contribution in [-0.4, -0.2) is 0 Å². The van der Waals surface area contributed by atoms with Crippen molar-refractivity contribution in [3.63, 3.8) is 0 Å². The second kappa shape index (κ2) is 11.5. The topological polar surface area (TPSA) is 6.48 Å². The average Bonchev–Trinajstić information content (AvgIpc) is 3.02. The van der Waals surface area contributed by atoms with Crippen molar-refractivity contribution in [1.29, 1.82) is 0 Å². The van der Waals surface area contributed by atoms with Crippen LogP contribution in [0.4, 0.5) is 34.1 Å². The molecular formula is C38H34N2. The third-order valence-electron chi connectivity index (χ3n) is 7.70. The molecule has 0 aliphatic rings. The van der Waals surface area contributed by atoms with Crippen LogP contribution in [0, 0.1) is 0 Å². The molecule has 2 heteroatoms. The monoisotopic (exact) mass is 518 g/mol. The number of anilines is 6.